The van der Waals surface area contributed by atoms with Crippen LogP contribution in [-0.2, 0) is 11.3 Å². The van der Waals surface area contributed by atoms with Crippen molar-refractivity contribution in [3.05, 3.63) is 35.4 Å². The zero-order valence-electron chi connectivity index (χ0n) is 43.2. The summed E-state index contributed by atoms with van der Waals surface area (Å²) in [5.74, 6) is 0. The van der Waals surface area contributed by atoms with E-state index in [-0.39, 0.29) is 4.87 Å². The predicted molar refractivity (Wildman–Crippen MR) is 286 cm³/mol. The molecule has 0 N–H and O–H groups in total. The number of aryl methyl sites for hydroxylation is 1. The van der Waals surface area contributed by atoms with E-state index in [1.807, 2.05) is 0 Å². The largest absolute Gasteiger partial charge is 0.114 e. The molecule has 0 saturated carbocycles. The molecule has 0 saturated heterocycles. The molecule has 1 aromatic carbocycles. The summed E-state index contributed by atoms with van der Waals surface area (Å²) in [6.45, 7) is 6.95. The molecule has 0 atom stereocenters. The highest BCUT2D eigenvalue weighted by atomic mass is 35.5. The van der Waals surface area contributed by atoms with Gasteiger partial charge in [-0.1, -0.05) is 347 Å². The molecule has 0 aliphatic rings. The lowest BCUT2D eigenvalue weighted by Crippen LogP contribution is -2.21. The van der Waals surface area contributed by atoms with E-state index in [9.17, 15) is 0 Å². The predicted octanol–water partition coefficient (Wildman–Crippen LogP) is 23.2. The highest BCUT2D eigenvalue weighted by molar-refractivity contribution is 6.24. The fraction of sp³-hybridized carbons (Fsp3) is 0.902. The second-order valence-corrected chi connectivity index (χ2v) is 21.5. The van der Waals surface area contributed by atoms with Crippen LogP contribution in [-0.4, -0.2) is 0 Å². The average Bonchev–Trinajstić information content (AvgIpc) is 3.28. The third-order valence-corrected chi connectivity index (χ3v) is 15.2. The van der Waals surface area contributed by atoms with Crippen molar-refractivity contribution in [2.45, 2.75) is 353 Å². The average molecular weight is 884 g/mol. The molecule has 1 heteroatoms. The van der Waals surface area contributed by atoms with E-state index in [0.717, 1.165) is 12.8 Å². The smallest absolute Gasteiger partial charge is 0.0697 e. The second-order valence-electron chi connectivity index (χ2n) is 20.8. The Kier molecular flexibility index (Phi) is 46.5. The van der Waals surface area contributed by atoms with Gasteiger partial charge in [-0.15, -0.1) is 11.6 Å². The Labute approximate surface area is 398 Å². The summed E-state index contributed by atoms with van der Waals surface area (Å²) in [5, 5.41) is 0. The highest BCUT2D eigenvalue weighted by Crippen LogP contribution is 2.42. The monoisotopic (exact) mass is 883 g/mol. The Morgan fingerprint density at radius 2 is 0.484 bits per heavy atom. The third-order valence-electron chi connectivity index (χ3n) is 14.7. The Bertz CT molecular complexity index is 945. The zero-order chi connectivity index (χ0) is 44.5. The van der Waals surface area contributed by atoms with Crippen LogP contribution in [0.1, 0.15) is 353 Å². The van der Waals surface area contributed by atoms with Crippen molar-refractivity contribution in [3.63, 3.8) is 0 Å². The van der Waals surface area contributed by atoms with Gasteiger partial charge in [0.2, 0.25) is 0 Å². The van der Waals surface area contributed by atoms with Crippen LogP contribution in [0.15, 0.2) is 24.3 Å². The normalized spacial score (nSPS) is 11.9. The molecule has 0 nitrogen and oxygen atoms in total. The first-order valence-electron chi connectivity index (χ1n) is 29.4. The summed E-state index contributed by atoms with van der Waals surface area (Å²) in [6, 6.07) is 9.42. The summed E-state index contributed by atoms with van der Waals surface area (Å²) >= 11 is 7.88. The van der Waals surface area contributed by atoms with E-state index >= 15 is 0 Å². The minimum atomic E-state index is -0.183. The zero-order valence-corrected chi connectivity index (χ0v) is 44.0. The van der Waals surface area contributed by atoms with E-state index < -0.39 is 0 Å². The lowest BCUT2D eigenvalue weighted by molar-refractivity contribution is 0.439. The van der Waals surface area contributed by atoms with E-state index in [0.29, 0.717) is 0 Å². The Morgan fingerprint density at radius 1 is 0.274 bits per heavy atom. The van der Waals surface area contributed by atoms with Crippen LogP contribution in [0.5, 0.6) is 0 Å². The Hall–Kier alpha value is -0.490. The number of unbranched alkanes of at least 4 members (excludes halogenated alkanes) is 45. The number of hydrogen-bond acceptors (Lipinski definition) is 0. The van der Waals surface area contributed by atoms with Gasteiger partial charge in [-0.25, -0.2) is 0 Å². The topological polar surface area (TPSA) is 0 Å². The first-order chi connectivity index (χ1) is 30.7. The molecule has 0 aliphatic carbocycles. The van der Waals surface area contributed by atoms with Crippen LogP contribution in [0.4, 0.5) is 0 Å². The summed E-state index contributed by atoms with van der Waals surface area (Å²) in [6.07, 6.45) is 72.1. The van der Waals surface area contributed by atoms with Crippen molar-refractivity contribution in [3.8, 4) is 0 Å². The van der Waals surface area contributed by atoms with Gasteiger partial charge in [-0.05, 0) is 36.8 Å². The Morgan fingerprint density at radius 3 is 0.742 bits per heavy atom. The molecule has 0 amide bonds. The molecule has 0 heterocycles. The molecule has 366 valence electrons. The van der Waals surface area contributed by atoms with Crippen LogP contribution in [0.25, 0.3) is 0 Å². The van der Waals surface area contributed by atoms with E-state index in [1.54, 1.807) is 5.56 Å². The maximum atomic E-state index is 7.88. The first-order valence-corrected chi connectivity index (χ1v) is 29.8. The maximum absolute atomic E-state index is 7.88. The number of benzene rings is 1. The molecule has 0 aliphatic heterocycles. The van der Waals surface area contributed by atoms with Crippen molar-refractivity contribution in [1.82, 2.24) is 0 Å². The molecule has 0 aromatic heterocycles. The minimum absolute atomic E-state index is 0.183. The van der Waals surface area contributed by atoms with Gasteiger partial charge >= 0.3 is 0 Å². The summed E-state index contributed by atoms with van der Waals surface area (Å²) < 4.78 is 0. The van der Waals surface area contributed by atoms with Crippen molar-refractivity contribution in [1.29, 1.82) is 0 Å². The lowest BCUT2D eigenvalue weighted by Gasteiger charge is -2.30. The Balaban J connectivity index is 2.40. The third kappa shape index (κ3) is 38.7. The fourth-order valence-corrected chi connectivity index (χ4v) is 10.8. The van der Waals surface area contributed by atoms with Gasteiger partial charge in [0.1, 0.15) is 0 Å². The van der Waals surface area contributed by atoms with Gasteiger partial charge in [0, 0.05) is 0 Å². The molecule has 1 rings (SSSR count). The van der Waals surface area contributed by atoms with Crippen LogP contribution in [0.3, 0.4) is 0 Å². The van der Waals surface area contributed by atoms with Gasteiger partial charge < -0.3 is 0 Å². The van der Waals surface area contributed by atoms with Crippen molar-refractivity contribution in [2.24, 2.45) is 0 Å². The molecular weight excluding hydrogens is 768 g/mol. The van der Waals surface area contributed by atoms with Crippen molar-refractivity contribution < 1.29 is 0 Å². The molecular formula is C61H115Cl. The lowest BCUT2D eigenvalue weighted by atomic mass is 9.83. The molecule has 0 unspecified atom stereocenters. The van der Waals surface area contributed by atoms with Gasteiger partial charge in [-0.3, -0.25) is 0 Å². The van der Waals surface area contributed by atoms with Gasteiger partial charge in [0.05, 0.1) is 4.87 Å². The summed E-state index contributed by atoms with van der Waals surface area (Å²) in [5.41, 5.74) is 3.05. The van der Waals surface area contributed by atoms with Gasteiger partial charge in [0.15, 0.2) is 0 Å². The first kappa shape index (κ1) is 59.5. The standard InChI is InChI=1S/C61H115Cl/c1-4-7-10-13-16-19-22-25-28-31-34-37-40-43-46-49-54-59-55-50-51-56-60(59)61(62,57-52-47-44-41-38-35-32-29-26-23-20-17-14-11-8-5-2)58-53-48-45-42-39-36-33-30-27-24-21-18-15-12-9-6-3/h50-51,55-56H,4-49,52-54,57-58H2,1-3H3. The van der Waals surface area contributed by atoms with Crippen LogP contribution in [0.2, 0.25) is 0 Å². The summed E-state index contributed by atoms with van der Waals surface area (Å²) in [4.78, 5) is -0.183. The molecule has 0 fully saturated rings. The van der Waals surface area contributed by atoms with Gasteiger partial charge in [0.25, 0.3) is 0 Å². The van der Waals surface area contributed by atoms with E-state index in [1.165, 1.54) is 320 Å². The molecule has 62 heavy (non-hydrogen) atoms. The van der Waals surface area contributed by atoms with Crippen LogP contribution >= 0.6 is 11.6 Å². The van der Waals surface area contributed by atoms with Crippen LogP contribution in [0, 0.1) is 0 Å². The number of halogens is 1. The van der Waals surface area contributed by atoms with E-state index in [4.69, 9.17) is 11.6 Å². The second kappa shape index (κ2) is 48.4. The van der Waals surface area contributed by atoms with Crippen LogP contribution < -0.4 is 0 Å². The number of rotatable bonds is 52. The number of hydrogen-bond donors (Lipinski definition) is 0. The fourth-order valence-electron chi connectivity index (χ4n) is 10.3. The summed E-state index contributed by atoms with van der Waals surface area (Å²) in [7, 11) is 0. The van der Waals surface area contributed by atoms with E-state index in [2.05, 4.69) is 45.0 Å². The molecule has 1 aromatic rings. The molecule has 0 spiro atoms. The van der Waals surface area contributed by atoms with Crippen molar-refractivity contribution in [2.75, 3.05) is 0 Å². The molecule has 0 radical (unpaired) electrons. The number of alkyl halides is 1. The quantitative estimate of drug-likeness (QED) is 0.0452. The SMILES string of the molecule is CCCCCCCCCCCCCCCCCCc1ccccc1C(Cl)(CCCCCCCCCCCCCCCCCC)CCCCCCCCCCCCCCCCCC. The minimum Gasteiger partial charge on any atom is -0.114 e. The van der Waals surface area contributed by atoms with Gasteiger partial charge in [-0.2, -0.15) is 0 Å². The van der Waals surface area contributed by atoms with Crippen molar-refractivity contribution >= 4 is 11.6 Å². The highest BCUT2D eigenvalue weighted by Gasteiger charge is 2.30. The molecule has 0 bridgehead atoms. The maximum Gasteiger partial charge on any atom is 0.0697 e.